The lowest BCUT2D eigenvalue weighted by Crippen LogP contribution is -2.14. The fraction of sp³-hybridized carbons (Fsp3) is 0.125. The average molecular weight is 232 g/mol. The molecule has 1 aromatic carbocycles. The van der Waals surface area contributed by atoms with Gasteiger partial charge in [0.2, 0.25) is 0 Å². The van der Waals surface area contributed by atoms with Crippen molar-refractivity contribution in [3.8, 4) is 11.5 Å². The summed E-state index contributed by atoms with van der Waals surface area (Å²) < 4.78 is 15.7. The van der Waals surface area contributed by atoms with Gasteiger partial charge in [0.1, 0.15) is 5.30 Å². The van der Waals surface area contributed by atoms with Crippen LogP contribution in [0.4, 0.5) is 0 Å². The Bertz CT molecular complexity index is 435. The van der Waals surface area contributed by atoms with E-state index in [0.29, 0.717) is 0 Å². The molecular weight excluding hydrogens is 223 g/mol. The first-order valence-electron chi connectivity index (χ1n) is 3.83. The third-order valence-corrected chi connectivity index (χ3v) is 2.81. The summed E-state index contributed by atoms with van der Waals surface area (Å²) in [6.45, 7) is 0. The summed E-state index contributed by atoms with van der Waals surface area (Å²) in [5.41, 5.74) is -0.210. The van der Waals surface area contributed by atoms with Crippen molar-refractivity contribution >= 4 is 19.2 Å². The topological polar surface area (TPSA) is 104 Å². The van der Waals surface area contributed by atoms with E-state index >= 15 is 0 Å². The third kappa shape index (κ3) is 2.18. The van der Waals surface area contributed by atoms with Crippen LogP contribution in [0.3, 0.4) is 0 Å². The van der Waals surface area contributed by atoms with Crippen LogP contribution in [0.25, 0.3) is 0 Å². The molecule has 1 rings (SSSR count). The molecule has 0 aliphatic rings. The molecule has 0 atom stereocenters. The number of benzene rings is 1. The van der Waals surface area contributed by atoms with Crippen LogP contribution in [0.2, 0.25) is 0 Å². The normalized spacial score (nSPS) is 11.1. The molecule has 6 nitrogen and oxygen atoms in total. The van der Waals surface area contributed by atoms with Gasteiger partial charge in [-0.15, -0.1) is 0 Å². The lowest BCUT2D eigenvalue weighted by molar-refractivity contribution is 0.112. The van der Waals surface area contributed by atoms with Gasteiger partial charge in [0, 0.05) is 5.56 Å². The quantitative estimate of drug-likeness (QED) is 0.501. The Labute approximate surface area is 85.3 Å². The lowest BCUT2D eigenvalue weighted by Gasteiger charge is -2.12. The first kappa shape index (κ1) is 11.7. The molecule has 0 aromatic heterocycles. The molecule has 0 amide bonds. The molecular formula is C8H9O6P. The molecule has 3 N–H and O–H groups in total. The molecule has 82 valence electrons. The molecule has 0 unspecified atom stereocenters. The van der Waals surface area contributed by atoms with Crippen LogP contribution >= 0.6 is 7.60 Å². The van der Waals surface area contributed by atoms with Gasteiger partial charge in [-0.05, 0) is 12.1 Å². The highest BCUT2D eigenvalue weighted by Gasteiger charge is 2.28. The SMILES string of the molecule is COc1c(O)ccc(C=O)c1P(=O)(O)O. The summed E-state index contributed by atoms with van der Waals surface area (Å²) in [5.74, 6) is -0.811. The van der Waals surface area contributed by atoms with E-state index in [0.717, 1.165) is 19.2 Å². The average Bonchev–Trinajstić information content (AvgIpc) is 2.15. The molecule has 15 heavy (non-hydrogen) atoms. The second-order valence-electron chi connectivity index (χ2n) is 2.72. The molecule has 0 spiro atoms. The van der Waals surface area contributed by atoms with Crippen molar-refractivity contribution in [2.75, 3.05) is 7.11 Å². The van der Waals surface area contributed by atoms with Crippen molar-refractivity contribution < 1.29 is 29.0 Å². The van der Waals surface area contributed by atoms with Crippen LogP contribution in [-0.2, 0) is 4.57 Å². The summed E-state index contributed by atoms with van der Waals surface area (Å²) in [6, 6.07) is 2.24. The van der Waals surface area contributed by atoms with Gasteiger partial charge in [-0.1, -0.05) is 0 Å². The fourth-order valence-corrected chi connectivity index (χ4v) is 2.11. The van der Waals surface area contributed by atoms with Gasteiger partial charge in [0.15, 0.2) is 17.8 Å². The zero-order chi connectivity index (χ0) is 11.6. The van der Waals surface area contributed by atoms with Crippen LogP contribution in [0.5, 0.6) is 11.5 Å². The molecule has 0 saturated carbocycles. The van der Waals surface area contributed by atoms with Gasteiger partial charge in [0.05, 0.1) is 7.11 Å². The monoisotopic (exact) mass is 232 g/mol. The van der Waals surface area contributed by atoms with E-state index in [9.17, 15) is 14.5 Å². The first-order valence-corrected chi connectivity index (χ1v) is 5.44. The van der Waals surface area contributed by atoms with E-state index in [1.807, 2.05) is 0 Å². The van der Waals surface area contributed by atoms with Crippen molar-refractivity contribution in [2.24, 2.45) is 0 Å². The number of hydrogen-bond acceptors (Lipinski definition) is 4. The van der Waals surface area contributed by atoms with E-state index < -0.39 is 18.6 Å². The number of aldehydes is 1. The van der Waals surface area contributed by atoms with Gasteiger partial charge in [-0.3, -0.25) is 9.36 Å². The molecule has 0 saturated heterocycles. The standard InChI is InChI=1S/C8H9O6P/c1-14-7-6(10)3-2-5(4-9)8(7)15(11,12)13/h2-4,10H,1H3,(H2,11,12,13). The number of rotatable bonds is 3. The molecule has 0 bridgehead atoms. The zero-order valence-electron chi connectivity index (χ0n) is 7.75. The van der Waals surface area contributed by atoms with Crippen LogP contribution in [-0.4, -0.2) is 28.3 Å². The van der Waals surface area contributed by atoms with E-state index in [1.54, 1.807) is 0 Å². The minimum absolute atomic E-state index is 0.210. The zero-order valence-corrected chi connectivity index (χ0v) is 8.64. The van der Waals surface area contributed by atoms with Crippen LogP contribution < -0.4 is 10.0 Å². The van der Waals surface area contributed by atoms with Crippen molar-refractivity contribution in [1.82, 2.24) is 0 Å². The highest BCUT2D eigenvalue weighted by molar-refractivity contribution is 7.60. The van der Waals surface area contributed by atoms with Crippen LogP contribution in [0.15, 0.2) is 12.1 Å². The molecule has 1 aromatic rings. The Hall–Kier alpha value is -1.36. The second-order valence-corrected chi connectivity index (χ2v) is 4.25. The molecule has 7 heteroatoms. The molecule has 0 radical (unpaired) electrons. The van der Waals surface area contributed by atoms with Crippen LogP contribution in [0, 0.1) is 0 Å². The predicted molar refractivity (Wildman–Crippen MR) is 51.7 cm³/mol. The van der Waals surface area contributed by atoms with Crippen molar-refractivity contribution in [2.45, 2.75) is 0 Å². The Morgan fingerprint density at radius 3 is 2.40 bits per heavy atom. The third-order valence-electron chi connectivity index (χ3n) is 1.76. The Kier molecular flexibility index (Phi) is 3.14. The number of carbonyl (C=O) groups excluding carboxylic acids is 1. The highest BCUT2D eigenvalue weighted by atomic mass is 31.2. The second kappa shape index (κ2) is 4.02. The molecule has 0 aliphatic carbocycles. The van der Waals surface area contributed by atoms with Gasteiger partial charge >= 0.3 is 7.60 Å². The van der Waals surface area contributed by atoms with Gasteiger partial charge in [-0.2, -0.15) is 0 Å². The number of phenols is 1. The number of ether oxygens (including phenoxy) is 1. The fourth-order valence-electron chi connectivity index (χ4n) is 1.17. The lowest BCUT2D eigenvalue weighted by atomic mass is 10.2. The summed E-state index contributed by atoms with van der Waals surface area (Å²) in [5, 5.41) is 8.69. The highest BCUT2D eigenvalue weighted by Crippen LogP contribution is 2.41. The molecule has 0 heterocycles. The van der Waals surface area contributed by atoms with Crippen molar-refractivity contribution in [3.05, 3.63) is 17.7 Å². The summed E-state index contributed by atoms with van der Waals surface area (Å²) >= 11 is 0. The molecule has 0 fully saturated rings. The number of aromatic hydroxyl groups is 1. The van der Waals surface area contributed by atoms with Crippen molar-refractivity contribution in [3.63, 3.8) is 0 Å². The van der Waals surface area contributed by atoms with Gasteiger partial charge < -0.3 is 19.6 Å². The van der Waals surface area contributed by atoms with Gasteiger partial charge in [-0.25, -0.2) is 0 Å². The van der Waals surface area contributed by atoms with E-state index in [4.69, 9.17) is 9.79 Å². The van der Waals surface area contributed by atoms with Crippen LogP contribution in [0.1, 0.15) is 10.4 Å². The Morgan fingerprint density at radius 2 is 2.00 bits per heavy atom. The maximum atomic E-state index is 11.1. The number of phenolic OH excluding ortho intramolecular Hbond substituents is 1. The number of methoxy groups -OCH3 is 1. The first-order chi connectivity index (χ1) is 6.91. The van der Waals surface area contributed by atoms with Gasteiger partial charge in [0.25, 0.3) is 0 Å². The largest absolute Gasteiger partial charge is 0.504 e. The van der Waals surface area contributed by atoms with E-state index in [-0.39, 0.29) is 17.6 Å². The maximum Gasteiger partial charge on any atom is 0.360 e. The summed E-state index contributed by atoms with van der Waals surface area (Å²) in [6.07, 6.45) is 0.288. The van der Waals surface area contributed by atoms with E-state index in [1.165, 1.54) is 0 Å². The summed E-state index contributed by atoms with van der Waals surface area (Å²) in [4.78, 5) is 28.6. The molecule has 0 aliphatic heterocycles. The Morgan fingerprint density at radius 1 is 1.40 bits per heavy atom. The number of hydrogen-bond donors (Lipinski definition) is 3. The Balaban J connectivity index is 3.62. The number of carbonyl (C=O) groups is 1. The minimum Gasteiger partial charge on any atom is -0.504 e. The minimum atomic E-state index is -4.67. The smallest absolute Gasteiger partial charge is 0.360 e. The summed E-state index contributed by atoms with van der Waals surface area (Å²) in [7, 11) is -3.53. The van der Waals surface area contributed by atoms with E-state index in [2.05, 4.69) is 4.74 Å². The maximum absolute atomic E-state index is 11.1. The van der Waals surface area contributed by atoms with Crippen molar-refractivity contribution in [1.29, 1.82) is 0 Å². The predicted octanol–water partition coefficient (Wildman–Crippen LogP) is 0.0163.